The zero-order valence-electron chi connectivity index (χ0n) is 17.3. The lowest BCUT2D eigenvalue weighted by Crippen LogP contribution is -2.18. The molecule has 3 aromatic rings. The summed E-state index contributed by atoms with van der Waals surface area (Å²) in [4.78, 5) is 9.08. The second kappa shape index (κ2) is 10.6. The molecule has 2 aromatic heterocycles. The van der Waals surface area contributed by atoms with E-state index in [1.807, 2.05) is 30.3 Å². The molecule has 2 N–H and O–H groups in total. The molecule has 0 amide bonds. The van der Waals surface area contributed by atoms with Gasteiger partial charge in [0.15, 0.2) is 0 Å². The molecule has 0 aliphatic carbocycles. The van der Waals surface area contributed by atoms with E-state index >= 15 is 0 Å². The van der Waals surface area contributed by atoms with Crippen molar-refractivity contribution < 1.29 is 9.13 Å². The molecular weight excluding hydrogens is 415 g/mol. The third kappa shape index (κ3) is 6.15. The molecule has 1 aliphatic rings. The van der Waals surface area contributed by atoms with Crippen LogP contribution in [-0.2, 0) is 11.3 Å². The Labute approximate surface area is 187 Å². The van der Waals surface area contributed by atoms with Crippen LogP contribution in [0.2, 0.25) is 5.02 Å². The smallest absolute Gasteiger partial charge is 0.126 e. The van der Waals surface area contributed by atoms with Crippen LogP contribution in [0.3, 0.4) is 0 Å². The molecule has 1 fully saturated rings. The number of anilines is 2. The summed E-state index contributed by atoms with van der Waals surface area (Å²) in [6, 6.07) is 14.2. The lowest BCUT2D eigenvalue weighted by molar-refractivity contribution is 0.0649. The first-order valence-corrected chi connectivity index (χ1v) is 11.0. The number of benzene rings is 1. The normalized spacial score (nSPS) is 14.4. The van der Waals surface area contributed by atoms with E-state index in [0.717, 1.165) is 61.7 Å². The first-order chi connectivity index (χ1) is 15.2. The Morgan fingerprint density at radius 3 is 2.71 bits per heavy atom. The molecule has 4 rings (SSSR count). The van der Waals surface area contributed by atoms with Crippen LogP contribution in [0.25, 0.3) is 11.3 Å². The highest BCUT2D eigenvalue weighted by molar-refractivity contribution is 6.33. The minimum absolute atomic E-state index is 0.249. The maximum atomic E-state index is 13.4. The van der Waals surface area contributed by atoms with Crippen molar-refractivity contribution in [1.29, 1.82) is 0 Å². The number of aromatic nitrogens is 2. The fourth-order valence-electron chi connectivity index (χ4n) is 3.69. The molecule has 0 unspecified atom stereocenters. The minimum atomic E-state index is -0.249. The number of halogens is 2. The Balaban J connectivity index is 1.41. The van der Waals surface area contributed by atoms with Gasteiger partial charge in [0.05, 0.1) is 10.7 Å². The van der Waals surface area contributed by atoms with Gasteiger partial charge in [0, 0.05) is 38.1 Å². The van der Waals surface area contributed by atoms with E-state index < -0.39 is 0 Å². The van der Waals surface area contributed by atoms with Crippen molar-refractivity contribution in [3.05, 3.63) is 71.1 Å². The fraction of sp³-hybridized carbons (Fsp3) is 0.333. The molecule has 3 heterocycles. The van der Waals surface area contributed by atoms with Crippen molar-refractivity contribution in [3.63, 3.8) is 0 Å². The van der Waals surface area contributed by atoms with Gasteiger partial charge >= 0.3 is 0 Å². The van der Waals surface area contributed by atoms with Crippen molar-refractivity contribution in [1.82, 2.24) is 9.97 Å². The average molecular weight is 441 g/mol. The van der Waals surface area contributed by atoms with Crippen LogP contribution >= 0.6 is 11.6 Å². The van der Waals surface area contributed by atoms with Gasteiger partial charge in [-0.25, -0.2) is 14.4 Å². The lowest BCUT2D eigenvalue weighted by atomic mass is 9.97. The van der Waals surface area contributed by atoms with Gasteiger partial charge in [-0.05, 0) is 61.1 Å². The van der Waals surface area contributed by atoms with E-state index in [0.29, 0.717) is 23.3 Å². The van der Waals surface area contributed by atoms with E-state index in [2.05, 4.69) is 20.6 Å². The van der Waals surface area contributed by atoms with Crippen molar-refractivity contribution >= 4 is 23.2 Å². The van der Waals surface area contributed by atoms with Crippen molar-refractivity contribution in [2.24, 2.45) is 5.92 Å². The molecule has 1 aromatic carbocycles. The molecule has 0 bridgehead atoms. The van der Waals surface area contributed by atoms with Crippen molar-refractivity contribution in [2.45, 2.75) is 25.8 Å². The second-order valence-corrected chi connectivity index (χ2v) is 8.12. The van der Waals surface area contributed by atoms with Crippen molar-refractivity contribution in [3.8, 4) is 11.3 Å². The summed E-state index contributed by atoms with van der Waals surface area (Å²) in [6.45, 7) is 3.07. The predicted molar refractivity (Wildman–Crippen MR) is 123 cm³/mol. The average Bonchev–Trinajstić information content (AvgIpc) is 2.80. The van der Waals surface area contributed by atoms with Crippen LogP contribution in [-0.4, -0.2) is 29.7 Å². The largest absolute Gasteiger partial charge is 0.381 e. The number of hydrogen-bond donors (Lipinski definition) is 2. The van der Waals surface area contributed by atoms with Crippen LogP contribution in [0.4, 0.5) is 16.0 Å². The number of nitrogens with one attached hydrogen (secondary N) is 2. The summed E-state index contributed by atoms with van der Waals surface area (Å²) in [5.74, 6) is 1.94. The van der Waals surface area contributed by atoms with Gasteiger partial charge in [0.25, 0.3) is 0 Å². The summed E-state index contributed by atoms with van der Waals surface area (Å²) in [5, 5.41) is 7.19. The fourth-order valence-corrected chi connectivity index (χ4v) is 3.89. The topological polar surface area (TPSA) is 59.1 Å². The van der Waals surface area contributed by atoms with Crippen molar-refractivity contribution in [2.75, 3.05) is 30.4 Å². The predicted octanol–water partition coefficient (Wildman–Crippen LogP) is 5.78. The maximum Gasteiger partial charge on any atom is 0.126 e. The highest BCUT2D eigenvalue weighted by atomic mass is 35.5. The van der Waals surface area contributed by atoms with E-state index in [9.17, 15) is 4.39 Å². The Hall–Kier alpha value is -2.70. The summed E-state index contributed by atoms with van der Waals surface area (Å²) in [5.41, 5.74) is 2.42. The van der Waals surface area contributed by atoms with Crippen LogP contribution in [0.15, 0.2) is 54.7 Å². The van der Waals surface area contributed by atoms with Crippen LogP contribution in [0.1, 0.15) is 24.8 Å². The molecule has 1 saturated heterocycles. The van der Waals surface area contributed by atoms with Gasteiger partial charge in [-0.15, -0.1) is 0 Å². The highest BCUT2D eigenvalue weighted by Gasteiger charge is 2.14. The van der Waals surface area contributed by atoms with Gasteiger partial charge in [-0.2, -0.15) is 0 Å². The van der Waals surface area contributed by atoms with Crippen LogP contribution in [0, 0.1) is 11.7 Å². The SMILES string of the molecule is Fc1cccc(CNc2cccc(-c3cc(NCCC4CCOCC4)ncc3Cl)n2)c1. The zero-order valence-corrected chi connectivity index (χ0v) is 18.0. The standard InChI is InChI=1S/C24H26ClFN4O/c25-21-16-29-24(27-10-7-17-8-11-31-12-9-17)14-20(21)22-5-2-6-23(30-22)28-15-18-3-1-4-19(26)13-18/h1-6,13-14,16-17H,7-12,15H2,(H,27,29)(H,28,30). The summed E-state index contributed by atoms with van der Waals surface area (Å²) >= 11 is 6.42. The number of pyridine rings is 2. The first-order valence-electron chi connectivity index (χ1n) is 10.6. The summed E-state index contributed by atoms with van der Waals surface area (Å²) < 4.78 is 18.8. The number of ether oxygens (including phenoxy) is 1. The number of hydrogen-bond acceptors (Lipinski definition) is 5. The quantitative estimate of drug-likeness (QED) is 0.465. The highest BCUT2D eigenvalue weighted by Crippen LogP contribution is 2.29. The van der Waals surface area contributed by atoms with E-state index in [4.69, 9.17) is 16.3 Å². The Bertz CT molecular complexity index is 1010. The zero-order chi connectivity index (χ0) is 21.5. The third-order valence-corrected chi connectivity index (χ3v) is 5.74. The van der Waals surface area contributed by atoms with Crippen LogP contribution in [0.5, 0.6) is 0 Å². The van der Waals surface area contributed by atoms with Gasteiger partial charge in [0.1, 0.15) is 17.5 Å². The van der Waals surface area contributed by atoms with E-state index in [1.54, 1.807) is 12.3 Å². The maximum absolute atomic E-state index is 13.4. The van der Waals surface area contributed by atoms with Gasteiger partial charge in [0.2, 0.25) is 0 Å². The Kier molecular flexibility index (Phi) is 7.33. The first kappa shape index (κ1) is 21.5. The van der Waals surface area contributed by atoms with Gasteiger partial charge < -0.3 is 15.4 Å². The van der Waals surface area contributed by atoms with E-state index in [1.165, 1.54) is 12.1 Å². The van der Waals surface area contributed by atoms with Gasteiger partial charge in [-0.3, -0.25) is 0 Å². The second-order valence-electron chi connectivity index (χ2n) is 7.71. The van der Waals surface area contributed by atoms with Crippen LogP contribution < -0.4 is 10.6 Å². The summed E-state index contributed by atoms with van der Waals surface area (Å²) in [6.07, 6.45) is 5.00. The molecule has 5 nitrogen and oxygen atoms in total. The molecule has 0 saturated carbocycles. The molecular formula is C24H26ClFN4O. The molecule has 31 heavy (non-hydrogen) atoms. The molecule has 0 atom stereocenters. The molecule has 1 aliphatic heterocycles. The minimum Gasteiger partial charge on any atom is -0.381 e. The molecule has 0 spiro atoms. The molecule has 0 radical (unpaired) electrons. The summed E-state index contributed by atoms with van der Waals surface area (Å²) in [7, 11) is 0. The number of nitrogens with zero attached hydrogens (tertiary/aromatic N) is 2. The Morgan fingerprint density at radius 2 is 1.87 bits per heavy atom. The van der Waals surface area contributed by atoms with Gasteiger partial charge in [-0.1, -0.05) is 29.8 Å². The number of rotatable bonds is 8. The lowest BCUT2D eigenvalue weighted by Gasteiger charge is -2.22. The third-order valence-electron chi connectivity index (χ3n) is 5.44. The van der Waals surface area contributed by atoms with E-state index in [-0.39, 0.29) is 5.82 Å². The molecule has 7 heteroatoms. The Morgan fingerprint density at radius 1 is 1.03 bits per heavy atom. The monoisotopic (exact) mass is 440 g/mol. The molecule has 162 valence electrons.